The van der Waals surface area contributed by atoms with Crippen LogP contribution in [-0.2, 0) is 9.59 Å². The number of anilines is 1. The number of hydrogen-bond donors (Lipinski definition) is 1. The number of rotatable bonds is 3. The van der Waals surface area contributed by atoms with Gasteiger partial charge in [-0.25, -0.2) is 4.79 Å². The quantitative estimate of drug-likeness (QED) is 0.801. The van der Waals surface area contributed by atoms with E-state index in [1.165, 1.54) is 24.9 Å². The molecule has 0 unspecified atom stereocenters. The molecule has 5 heteroatoms. The normalized spacial score (nSPS) is 11.9. The van der Waals surface area contributed by atoms with Gasteiger partial charge in [0, 0.05) is 13.1 Å². The number of carboxylic acid groups (broad SMARTS) is 1. The van der Waals surface area contributed by atoms with Gasteiger partial charge in [0.05, 0.1) is 11.9 Å². The number of aliphatic carboxylic acids is 1. The first-order valence-corrected chi connectivity index (χ1v) is 4.46. The Kier molecular flexibility index (Phi) is 3.38. The van der Waals surface area contributed by atoms with E-state index in [0.29, 0.717) is 5.69 Å². The van der Waals surface area contributed by atoms with Crippen LogP contribution in [0, 0.1) is 0 Å². The number of carbonyl (C=O) groups is 2. The number of hydrogen-bond acceptors (Lipinski definition) is 3. The molecule has 1 atom stereocenters. The van der Waals surface area contributed by atoms with Crippen LogP contribution in [0.5, 0.6) is 0 Å². The van der Waals surface area contributed by atoms with E-state index in [1.807, 2.05) is 0 Å². The molecule has 0 aliphatic rings. The van der Waals surface area contributed by atoms with Crippen molar-refractivity contribution in [3.8, 4) is 0 Å². The van der Waals surface area contributed by atoms with Gasteiger partial charge in [-0.1, -0.05) is 0 Å². The van der Waals surface area contributed by atoms with E-state index in [2.05, 4.69) is 4.98 Å². The molecule has 1 heterocycles. The highest BCUT2D eigenvalue weighted by Crippen LogP contribution is 2.15. The summed E-state index contributed by atoms with van der Waals surface area (Å²) in [5.74, 6) is -1.37. The lowest BCUT2D eigenvalue weighted by atomic mass is 10.2. The lowest BCUT2D eigenvalue weighted by Crippen LogP contribution is -2.42. The molecule has 1 aromatic rings. The Hall–Kier alpha value is -1.91. The van der Waals surface area contributed by atoms with Crippen LogP contribution >= 0.6 is 0 Å². The molecule has 0 spiro atoms. The summed E-state index contributed by atoms with van der Waals surface area (Å²) in [7, 11) is 0. The monoisotopic (exact) mass is 208 g/mol. The van der Waals surface area contributed by atoms with Gasteiger partial charge in [0.25, 0.3) is 0 Å². The molecule has 0 aromatic carbocycles. The van der Waals surface area contributed by atoms with Crippen molar-refractivity contribution in [1.29, 1.82) is 0 Å². The van der Waals surface area contributed by atoms with E-state index in [9.17, 15) is 9.59 Å². The fourth-order valence-electron chi connectivity index (χ4n) is 1.28. The van der Waals surface area contributed by atoms with E-state index < -0.39 is 12.0 Å². The van der Waals surface area contributed by atoms with Gasteiger partial charge >= 0.3 is 5.97 Å². The van der Waals surface area contributed by atoms with E-state index in [-0.39, 0.29) is 5.91 Å². The van der Waals surface area contributed by atoms with E-state index >= 15 is 0 Å². The number of aromatic nitrogens is 1. The summed E-state index contributed by atoms with van der Waals surface area (Å²) in [6.45, 7) is 2.78. The summed E-state index contributed by atoms with van der Waals surface area (Å²) in [4.78, 5) is 27.2. The molecule has 15 heavy (non-hydrogen) atoms. The predicted molar refractivity (Wildman–Crippen MR) is 54.5 cm³/mol. The maximum Gasteiger partial charge on any atom is 0.326 e. The second-order valence-electron chi connectivity index (χ2n) is 3.11. The van der Waals surface area contributed by atoms with Gasteiger partial charge in [-0.2, -0.15) is 0 Å². The molecule has 0 aliphatic heterocycles. The molecule has 0 saturated heterocycles. The maximum absolute atomic E-state index is 11.3. The lowest BCUT2D eigenvalue weighted by Gasteiger charge is -2.24. The van der Waals surface area contributed by atoms with Crippen molar-refractivity contribution in [1.82, 2.24) is 4.98 Å². The topological polar surface area (TPSA) is 70.5 Å². The molecular formula is C10H12N2O3. The van der Waals surface area contributed by atoms with Crippen LogP contribution in [0.1, 0.15) is 13.8 Å². The summed E-state index contributed by atoms with van der Waals surface area (Å²) in [5.41, 5.74) is 0.486. The molecule has 1 amide bonds. The highest BCUT2D eigenvalue weighted by atomic mass is 16.4. The second-order valence-corrected chi connectivity index (χ2v) is 3.11. The minimum atomic E-state index is -1.05. The van der Waals surface area contributed by atoms with E-state index in [4.69, 9.17) is 5.11 Å². The minimum absolute atomic E-state index is 0.321. The summed E-state index contributed by atoms with van der Waals surface area (Å²) in [6.07, 6.45) is 3.02. The molecule has 0 aliphatic carbocycles. The summed E-state index contributed by atoms with van der Waals surface area (Å²) in [6, 6.07) is 2.40. The van der Waals surface area contributed by atoms with Gasteiger partial charge < -0.3 is 5.11 Å². The van der Waals surface area contributed by atoms with Crippen LogP contribution in [0.4, 0.5) is 5.69 Å². The third-order valence-corrected chi connectivity index (χ3v) is 2.01. The summed E-state index contributed by atoms with van der Waals surface area (Å²) >= 11 is 0. The first kappa shape index (κ1) is 11.2. The van der Waals surface area contributed by atoms with Crippen LogP contribution in [-0.4, -0.2) is 28.0 Å². The Morgan fingerprint density at radius 3 is 2.60 bits per heavy atom. The number of carbonyl (C=O) groups excluding carboxylic acids is 1. The zero-order chi connectivity index (χ0) is 11.4. The predicted octanol–water partition coefficient (Wildman–Crippen LogP) is 0.908. The van der Waals surface area contributed by atoms with Crippen LogP contribution in [0.3, 0.4) is 0 Å². The Bertz CT molecular complexity index is 364. The Morgan fingerprint density at radius 2 is 2.20 bits per heavy atom. The Labute approximate surface area is 87.4 Å². The van der Waals surface area contributed by atoms with Gasteiger partial charge in [0.1, 0.15) is 6.04 Å². The molecule has 1 aromatic heterocycles. The third-order valence-electron chi connectivity index (χ3n) is 2.01. The average Bonchev–Trinajstić information content (AvgIpc) is 2.18. The van der Waals surface area contributed by atoms with E-state index in [1.54, 1.807) is 18.3 Å². The first-order valence-electron chi connectivity index (χ1n) is 4.46. The van der Waals surface area contributed by atoms with Crippen molar-refractivity contribution in [2.45, 2.75) is 19.9 Å². The van der Waals surface area contributed by atoms with Crippen LogP contribution in [0.2, 0.25) is 0 Å². The molecule has 0 radical (unpaired) electrons. The van der Waals surface area contributed by atoms with Gasteiger partial charge in [0.2, 0.25) is 5.91 Å². The number of carboxylic acids is 1. The smallest absolute Gasteiger partial charge is 0.326 e. The molecule has 1 N–H and O–H groups in total. The van der Waals surface area contributed by atoms with Gasteiger partial charge in [0.15, 0.2) is 0 Å². The van der Waals surface area contributed by atoms with Crippen molar-refractivity contribution in [2.24, 2.45) is 0 Å². The van der Waals surface area contributed by atoms with Gasteiger partial charge in [-0.3, -0.25) is 14.7 Å². The Morgan fingerprint density at radius 1 is 1.53 bits per heavy atom. The third kappa shape index (κ3) is 2.52. The number of pyridine rings is 1. The highest BCUT2D eigenvalue weighted by molar-refractivity contribution is 5.97. The molecule has 0 fully saturated rings. The number of nitrogens with zero attached hydrogens (tertiary/aromatic N) is 2. The standard InChI is InChI=1S/C10H12N2O3/c1-7(10(14)15)12(8(2)13)9-4-3-5-11-6-9/h3-7H,1-2H3,(H,14,15)/t7-/m1/s1. The minimum Gasteiger partial charge on any atom is -0.480 e. The lowest BCUT2D eigenvalue weighted by molar-refractivity contribution is -0.139. The summed E-state index contributed by atoms with van der Waals surface area (Å²) in [5, 5.41) is 8.85. The highest BCUT2D eigenvalue weighted by Gasteiger charge is 2.24. The van der Waals surface area contributed by atoms with Crippen molar-refractivity contribution < 1.29 is 14.7 Å². The maximum atomic E-state index is 11.3. The zero-order valence-corrected chi connectivity index (χ0v) is 8.54. The first-order chi connectivity index (χ1) is 7.04. The van der Waals surface area contributed by atoms with Crippen molar-refractivity contribution >= 4 is 17.6 Å². The Balaban J connectivity index is 3.04. The largest absolute Gasteiger partial charge is 0.480 e. The van der Waals surface area contributed by atoms with Crippen molar-refractivity contribution in [2.75, 3.05) is 4.90 Å². The fraction of sp³-hybridized carbons (Fsp3) is 0.300. The van der Waals surface area contributed by atoms with Crippen molar-refractivity contribution in [3.05, 3.63) is 24.5 Å². The number of amides is 1. The zero-order valence-electron chi connectivity index (χ0n) is 8.54. The molecule has 0 bridgehead atoms. The van der Waals surface area contributed by atoms with E-state index in [0.717, 1.165) is 0 Å². The molecular weight excluding hydrogens is 196 g/mol. The second kappa shape index (κ2) is 4.54. The van der Waals surface area contributed by atoms with Gasteiger partial charge in [-0.15, -0.1) is 0 Å². The van der Waals surface area contributed by atoms with Crippen molar-refractivity contribution in [3.63, 3.8) is 0 Å². The van der Waals surface area contributed by atoms with Crippen LogP contribution in [0.25, 0.3) is 0 Å². The molecule has 0 saturated carbocycles. The van der Waals surface area contributed by atoms with Crippen LogP contribution in [0.15, 0.2) is 24.5 Å². The molecule has 80 valence electrons. The van der Waals surface area contributed by atoms with Gasteiger partial charge in [-0.05, 0) is 19.1 Å². The average molecular weight is 208 g/mol. The molecule has 5 nitrogen and oxygen atoms in total. The van der Waals surface area contributed by atoms with Crippen LogP contribution < -0.4 is 4.90 Å². The SMILES string of the molecule is CC(=O)N(c1cccnc1)[C@H](C)C(=O)O. The summed E-state index contributed by atoms with van der Waals surface area (Å²) < 4.78 is 0. The fourth-order valence-corrected chi connectivity index (χ4v) is 1.28. The molecule has 1 rings (SSSR count).